The van der Waals surface area contributed by atoms with Gasteiger partial charge in [0.1, 0.15) is 0 Å². The van der Waals surface area contributed by atoms with Crippen molar-refractivity contribution < 1.29 is 18.4 Å². The molecule has 6 heteroatoms. The monoisotopic (exact) mass is 249 g/mol. The fraction of sp³-hybridized carbons (Fsp3) is 0.900. The Morgan fingerprint density at radius 2 is 1.75 bits per heavy atom. The van der Waals surface area contributed by atoms with Gasteiger partial charge in [0.2, 0.25) is 5.91 Å². The molecule has 0 spiro atoms. The Kier molecular flexibility index (Phi) is 4.53. The molecule has 2 atom stereocenters. The number of β-lactam (4-membered cyclic amide) rings is 1. The Morgan fingerprint density at radius 3 is 2.06 bits per heavy atom. The van der Waals surface area contributed by atoms with E-state index in [0.717, 1.165) is 0 Å². The second kappa shape index (κ2) is 5.30. The SMILES string of the molecule is CCOP(=O)(OCC)[C@H]1C(=O)N(CC)[C@@H]1C. The Morgan fingerprint density at radius 1 is 1.25 bits per heavy atom. The highest BCUT2D eigenvalue weighted by Crippen LogP contribution is 2.58. The number of amides is 1. The molecular weight excluding hydrogens is 229 g/mol. The molecule has 0 saturated carbocycles. The van der Waals surface area contributed by atoms with Gasteiger partial charge in [-0.15, -0.1) is 0 Å². The van der Waals surface area contributed by atoms with Gasteiger partial charge < -0.3 is 13.9 Å². The van der Waals surface area contributed by atoms with Gasteiger partial charge in [-0.3, -0.25) is 9.36 Å². The first-order valence-electron chi connectivity index (χ1n) is 5.71. The predicted octanol–water partition coefficient (Wildman–Crippen LogP) is 1.87. The fourth-order valence-electron chi connectivity index (χ4n) is 2.07. The molecular formula is C10H20NO4P. The lowest BCUT2D eigenvalue weighted by molar-refractivity contribution is -0.144. The fourth-order valence-corrected chi connectivity index (χ4v) is 4.29. The highest BCUT2D eigenvalue weighted by Gasteiger charge is 2.56. The van der Waals surface area contributed by atoms with E-state index in [1.54, 1.807) is 18.7 Å². The van der Waals surface area contributed by atoms with Crippen LogP contribution in [0, 0.1) is 0 Å². The zero-order valence-electron chi connectivity index (χ0n) is 10.3. The zero-order valence-corrected chi connectivity index (χ0v) is 11.2. The van der Waals surface area contributed by atoms with Gasteiger partial charge in [0.15, 0.2) is 5.66 Å². The second-order valence-electron chi connectivity index (χ2n) is 3.69. The molecule has 0 aromatic rings. The topological polar surface area (TPSA) is 55.8 Å². The van der Waals surface area contributed by atoms with Gasteiger partial charge in [-0.1, -0.05) is 0 Å². The normalized spacial score (nSPS) is 25.8. The molecule has 1 rings (SSSR count). The molecule has 1 heterocycles. The maximum Gasteiger partial charge on any atom is 0.345 e. The standard InChI is InChI=1S/C10H20NO4P/c1-5-11-8(4)9(10(11)12)16(13,14-6-2)15-7-3/h8-9H,5-7H2,1-4H3/t8-,9-/m1/s1. The molecule has 16 heavy (non-hydrogen) atoms. The smallest absolute Gasteiger partial charge is 0.338 e. The first kappa shape index (κ1) is 13.7. The molecule has 0 aromatic heterocycles. The van der Waals surface area contributed by atoms with Crippen molar-refractivity contribution in [3.63, 3.8) is 0 Å². The van der Waals surface area contributed by atoms with Gasteiger partial charge in [-0.2, -0.15) is 0 Å². The summed E-state index contributed by atoms with van der Waals surface area (Å²) in [5, 5.41) is 0. The number of hydrogen-bond donors (Lipinski definition) is 0. The summed E-state index contributed by atoms with van der Waals surface area (Å²) >= 11 is 0. The summed E-state index contributed by atoms with van der Waals surface area (Å²) in [4.78, 5) is 13.5. The van der Waals surface area contributed by atoms with E-state index in [0.29, 0.717) is 19.8 Å². The average molecular weight is 249 g/mol. The van der Waals surface area contributed by atoms with Gasteiger partial charge in [0.05, 0.1) is 19.3 Å². The van der Waals surface area contributed by atoms with E-state index >= 15 is 0 Å². The van der Waals surface area contributed by atoms with Crippen molar-refractivity contribution in [3.8, 4) is 0 Å². The highest BCUT2D eigenvalue weighted by atomic mass is 31.2. The predicted molar refractivity (Wildman–Crippen MR) is 61.5 cm³/mol. The Bertz CT molecular complexity index is 297. The molecule has 1 amide bonds. The summed E-state index contributed by atoms with van der Waals surface area (Å²) in [7, 11) is -3.28. The van der Waals surface area contributed by atoms with E-state index in [1.807, 2.05) is 13.8 Å². The summed E-state index contributed by atoms with van der Waals surface area (Å²) in [5.74, 6) is -0.125. The Hall–Kier alpha value is -0.380. The molecule has 1 saturated heterocycles. The maximum absolute atomic E-state index is 12.4. The van der Waals surface area contributed by atoms with Crippen LogP contribution in [0.25, 0.3) is 0 Å². The molecule has 1 aliphatic rings. The molecule has 0 unspecified atom stereocenters. The van der Waals surface area contributed by atoms with Gasteiger partial charge >= 0.3 is 7.60 Å². The number of rotatable bonds is 6. The molecule has 0 bridgehead atoms. The quantitative estimate of drug-likeness (QED) is 0.532. The van der Waals surface area contributed by atoms with E-state index in [2.05, 4.69) is 0 Å². The number of carbonyl (C=O) groups is 1. The summed E-state index contributed by atoms with van der Waals surface area (Å²) in [6.07, 6.45) is 0. The number of hydrogen-bond acceptors (Lipinski definition) is 4. The summed E-state index contributed by atoms with van der Waals surface area (Å²) in [5.41, 5.74) is -0.618. The maximum atomic E-state index is 12.4. The average Bonchev–Trinajstić information content (AvgIpc) is 2.18. The molecule has 0 aliphatic carbocycles. The van der Waals surface area contributed by atoms with E-state index in [1.165, 1.54) is 0 Å². The number of likely N-dealkylation sites (tertiary alicyclic amines) is 1. The lowest BCUT2D eigenvalue weighted by atomic mass is 10.0. The van der Waals surface area contributed by atoms with Gasteiger partial charge in [-0.05, 0) is 27.7 Å². The Balaban J connectivity index is 2.82. The van der Waals surface area contributed by atoms with E-state index in [9.17, 15) is 9.36 Å². The minimum atomic E-state index is -3.28. The van der Waals surface area contributed by atoms with Crippen molar-refractivity contribution in [1.29, 1.82) is 0 Å². The first-order valence-corrected chi connectivity index (χ1v) is 7.32. The van der Waals surface area contributed by atoms with Crippen molar-refractivity contribution in [3.05, 3.63) is 0 Å². The van der Waals surface area contributed by atoms with Crippen molar-refractivity contribution in [2.24, 2.45) is 0 Å². The van der Waals surface area contributed by atoms with E-state index in [-0.39, 0.29) is 11.9 Å². The molecule has 1 aliphatic heterocycles. The minimum Gasteiger partial charge on any atom is -0.338 e. The van der Waals surface area contributed by atoms with Gasteiger partial charge in [0.25, 0.3) is 0 Å². The Labute approximate surface area is 96.6 Å². The summed E-state index contributed by atoms with van der Waals surface area (Å²) in [6, 6.07) is -0.0681. The van der Waals surface area contributed by atoms with Crippen molar-refractivity contribution >= 4 is 13.5 Å². The first-order chi connectivity index (χ1) is 7.51. The van der Waals surface area contributed by atoms with Crippen LogP contribution in [0.1, 0.15) is 27.7 Å². The van der Waals surface area contributed by atoms with Crippen LogP contribution in [0.2, 0.25) is 0 Å². The third-order valence-electron chi connectivity index (χ3n) is 2.78. The number of nitrogens with zero attached hydrogens (tertiary/aromatic N) is 1. The third kappa shape index (κ3) is 2.17. The largest absolute Gasteiger partial charge is 0.345 e. The van der Waals surface area contributed by atoms with Gasteiger partial charge in [0, 0.05) is 6.54 Å². The van der Waals surface area contributed by atoms with Crippen LogP contribution in [-0.2, 0) is 18.4 Å². The lowest BCUT2D eigenvalue weighted by Crippen LogP contribution is -2.62. The highest BCUT2D eigenvalue weighted by molar-refractivity contribution is 7.56. The van der Waals surface area contributed by atoms with Crippen LogP contribution < -0.4 is 0 Å². The summed E-state index contributed by atoms with van der Waals surface area (Å²) < 4.78 is 22.8. The van der Waals surface area contributed by atoms with Crippen molar-refractivity contribution in [1.82, 2.24) is 4.90 Å². The van der Waals surface area contributed by atoms with Crippen molar-refractivity contribution in [2.45, 2.75) is 39.4 Å². The van der Waals surface area contributed by atoms with Crippen LogP contribution in [-0.4, -0.2) is 42.3 Å². The third-order valence-corrected chi connectivity index (χ3v) is 5.35. The van der Waals surface area contributed by atoms with Crippen LogP contribution in [0.3, 0.4) is 0 Å². The zero-order chi connectivity index (χ0) is 12.3. The second-order valence-corrected chi connectivity index (χ2v) is 5.84. The van der Waals surface area contributed by atoms with Crippen LogP contribution in [0.15, 0.2) is 0 Å². The minimum absolute atomic E-state index is 0.0681. The molecule has 94 valence electrons. The van der Waals surface area contributed by atoms with Crippen LogP contribution in [0.4, 0.5) is 0 Å². The van der Waals surface area contributed by atoms with Crippen molar-refractivity contribution in [2.75, 3.05) is 19.8 Å². The molecule has 1 fully saturated rings. The number of carbonyl (C=O) groups excluding carboxylic acids is 1. The molecule has 5 nitrogen and oxygen atoms in total. The van der Waals surface area contributed by atoms with Crippen LogP contribution in [0.5, 0.6) is 0 Å². The lowest BCUT2D eigenvalue weighted by Gasteiger charge is -2.46. The molecule has 0 aromatic carbocycles. The van der Waals surface area contributed by atoms with E-state index in [4.69, 9.17) is 9.05 Å². The van der Waals surface area contributed by atoms with Crippen LogP contribution >= 0.6 is 7.60 Å². The molecule has 0 radical (unpaired) electrons. The van der Waals surface area contributed by atoms with Gasteiger partial charge in [-0.25, -0.2) is 0 Å². The van der Waals surface area contributed by atoms with E-state index < -0.39 is 13.3 Å². The molecule has 0 N–H and O–H groups in total. The summed E-state index contributed by atoms with van der Waals surface area (Å²) in [6.45, 7) is 8.49.